The Morgan fingerprint density at radius 2 is 1.85 bits per heavy atom. The maximum absolute atomic E-state index is 13.1. The molecule has 3 aliphatic carbocycles. The zero-order valence-electron chi connectivity index (χ0n) is 25.3. The summed E-state index contributed by atoms with van der Waals surface area (Å²) < 4.78 is 36.2. The number of benzene rings is 2. The van der Waals surface area contributed by atoms with Gasteiger partial charge in [-0.1, -0.05) is 45.9 Å². The van der Waals surface area contributed by atoms with Crippen molar-refractivity contribution in [2.24, 2.45) is 22.4 Å². The second-order valence-electron chi connectivity index (χ2n) is 14.4. The number of rotatable bonds is 6. The summed E-state index contributed by atoms with van der Waals surface area (Å²) in [7, 11) is -5.84. The molecule has 0 radical (unpaired) electrons. The van der Waals surface area contributed by atoms with Gasteiger partial charge in [-0.2, -0.15) is 0 Å². The summed E-state index contributed by atoms with van der Waals surface area (Å²) in [5.41, 5.74) is 2.94. The molecule has 2 fully saturated rings. The van der Waals surface area contributed by atoms with Crippen LogP contribution in [0.25, 0.3) is 0 Å². The van der Waals surface area contributed by atoms with Crippen LogP contribution in [0.15, 0.2) is 60.0 Å². The van der Waals surface area contributed by atoms with Gasteiger partial charge in [0.2, 0.25) is 18.3 Å². The van der Waals surface area contributed by atoms with Crippen LogP contribution in [0.4, 0.5) is 0 Å². The van der Waals surface area contributed by atoms with Gasteiger partial charge in [0.25, 0.3) is 0 Å². The summed E-state index contributed by atoms with van der Waals surface area (Å²) in [6.07, 6.45) is 7.74. The van der Waals surface area contributed by atoms with Crippen molar-refractivity contribution < 1.29 is 22.4 Å². The maximum Gasteiger partial charge on any atom is 0.338 e. The van der Waals surface area contributed by atoms with Crippen LogP contribution in [-0.2, 0) is 26.6 Å². The highest BCUT2D eigenvalue weighted by molar-refractivity contribution is 7.89. The zero-order valence-corrected chi connectivity index (χ0v) is 27.1. The number of carbonyl (C=O) groups is 1. The summed E-state index contributed by atoms with van der Waals surface area (Å²) in [6, 6.07) is 12.5. The Balaban J connectivity index is 1.37. The molecule has 2 aromatic rings. The first-order valence-corrected chi connectivity index (χ1v) is 19.2. The van der Waals surface area contributed by atoms with Gasteiger partial charge in [-0.05, 0) is 115 Å². The molecule has 5 rings (SSSR count). The first-order chi connectivity index (χ1) is 19.0. The van der Waals surface area contributed by atoms with Gasteiger partial charge < -0.3 is 9.16 Å². The van der Waals surface area contributed by atoms with E-state index in [1.54, 1.807) is 6.07 Å². The Hall–Kier alpha value is -2.42. The number of allylic oxidation sites excluding steroid dienone is 1. The lowest BCUT2D eigenvalue weighted by molar-refractivity contribution is 0.0267. The molecule has 3 aliphatic rings. The van der Waals surface area contributed by atoms with Crippen LogP contribution in [0, 0.1) is 17.3 Å². The average Bonchev–Trinajstić information content (AvgIpc) is 3.22. The van der Waals surface area contributed by atoms with Crippen LogP contribution in [0.5, 0.6) is 5.75 Å². The van der Waals surface area contributed by atoms with E-state index in [0.29, 0.717) is 11.8 Å². The molecule has 6 nitrogen and oxygen atoms in total. The topological polar surface area (TPSA) is 95.7 Å². The molecule has 2 aromatic carbocycles. The number of hydrogen-bond acceptors (Lipinski definition) is 5. The van der Waals surface area contributed by atoms with Gasteiger partial charge in [0, 0.05) is 5.41 Å². The maximum atomic E-state index is 13.1. The van der Waals surface area contributed by atoms with Crippen LogP contribution in [0.1, 0.15) is 81.3 Å². The first kappa shape index (κ1) is 30.0. The fourth-order valence-corrected chi connectivity index (χ4v) is 9.20. The lowest BCUT2D eigenvalue weighted by Crippen LogP contribution is -2.49. The summed E-state index contributed by atoms with van der Waals surface area (Å²) in [5.74, 6) is 1.31. The third kappa shape index (κ3) is 5.32. The van der Waals surface area contributed by atoms with E-state index in [1.165, 1.54) is 29.3 Å². The Bertz CT molecular complexity index is 1480. The number of aryl methyl sites for hydroxylation is 1. The predicted molar refractivity (Wildman–Crippen MR) is 165 cm³/mol. The second kappa shape index (κ2) is 10.1. The summed E-state index contributed by atoms with van der Waals surface area (Å²) in [4.78, 5) is 13.0. The van der Waals surface area contributed by atoms with Crippen molar-refractivity contribution in [3.8, 4) is 5.75 Å². The lowest BCUT2D eigenvalue weighted by Gasteiger charge is -2.55. The predicted octanol–water partition coefficient (Wildman–Crippen LogP) is 7.14. The van der Waals surface area contributed by atoms with Gasteiger partial charge >= 0.3 is 5.97 Å². The van der Waals surface area contributed by atoms with Crippen molar-refractivity contribution >= 4 is 24.3 Å². The number of ether oxygens (including phenoxy) is 1. The van der Waals surface area contributed by atoms with Gasteiger partial charge in [-0.3, -0.25) is 0 Å². The molecule has 0 amide bonds. The van der Waals surface area contributed by atoms with Crippen molar-refractivity contribution in [2.45, 2.75) is 101 Å². The van der Waals surface area contributed by atoms with E-state index in [2.05, 4.69) is 71.6 Å². The van der Waals surface area contributed by atoms with Gasteiger partial charge in [0.15, 0.2) is 0 Å². The van der Waals surface area contributed by atoms with Crippen LogP contribution < -0.4 is 9.56 Å². The van der Waals surface area contributed by atoms with E-state index in [1.807, 2.05) is 0 Å². The molecule has 0 bridgehead atoms. The fourth-order valence-electron chi connectivity index (χ4n) is 7.62. The number of hydrogen-bond donors (Lipinski definition) is 1. The number of esters is 1. The molecular formula is C33H45NO5SSi. The molecule has 222 valence electrons. The molecule has 41 heavy (non-hydrogen) atoms. The van der Waals surface area contributed by atoms with E-state index < -0.39 is 24.3 Å². The van der Waals surface area contributed by atoms with E-state index in [0.717, 1.165) is 44.3 Å². The largest absolute Gasteiger partial charge is 0.543 e. The molecule has 0 aliphatic heterocycles. The third-order valence-electron chi connectivity index (χ3n) is 10.9. The minimum absolute atomic E-state index is 0.0768. The highest BCUT2D eigenvalue weighted by Crippen LogP contribution is 2.64. The van der Waals surface area contributed by atoms with Crippen molar-refractivity contribution in [3.05, 3.63) is 71.8 Å². The van der Waals surface area contributed by atoms with Gasteiger partial charge in [0.1, 0.15) is 11.9 Å². The van der Waals surface area contributed by atoms with E-state index >= 15 is 0 Å². The summed E-state index contributed by atoms with van der Waals surface area (Å²) >= 11 is 0. The Kier molecular flexibility index (Phi) is 7.40. The number of carbonyl (C=O) groups excluding carboxylic acids is 1. The lowest BCUT2D eigenvalue weighted by atomic mass is 9.49. The van der Waals surface area contributed by atoms with E-state index in [9.17, 15) is 13.2 Å². The van der Waals surface area contributed by atoms with Crippen LogP contribution in [-0.4, -0.2) is 28.8 Å². The molecule has 0 aromatic heterocycles. The number of primary sulfonamides is 1. The van der Waals surface area contributed by atoms with Crippen molar-refractivity contribution in [3.63, 3.8) is 0 Å². The molecule has 2 N–H and O–H groups in total. The Morgan fingerprint density at radius 1 is 1.12 bits per heavy atom. The highest BCUT2D eigenvalue weighted by atomic mass is 32.2. The second-order valence-corrected chi connectivity index (χ2v) is 20.7. The zero-order chi connectivity index (χ0) is 30.0. The van der Waals surface area contributed by atoms with E-state index in [-0.39, 0.29) is 32.4 Å². The van der Waals surface area contributed by atoms with Crippen LogP contribution in [0.2, 0.25) is 18.1 Å². The van der Waals surface area contributed by atoms with Crippen LogP contribution in [0.3, 0.4) is 0 Å². The quantitative estimate of drug-likeness (QED) is 0.218. The normalized spacial score (nSPS) is 29.6. The van der Waals surface area contributed by atoms with Gasteiger partial charge in [-0.25, -0.2) is 18.4 Å². The third-order valence-corrected chi connectivity index (χ3v) is 16.2. The number of nitrogens with two attached hydrogens (primary N) is 1. The molecule has 0 saturated heterocycles. The SMILES string of the molecule is C=C[C@]12CC[C@]3(C)C[C@H](OC(=O)c4cccc(S(N)(=O)=O)c4)CC3C1CCc1cc(O[Si](C)(C)C(C)(C)C)ccc12. The van der Waals surface area contributed by atoms with Crippen molar-refractivity contribution in [1.82, 2.24) is 0 Å². The van der Waals surface area contributed by atoms with Crippen molar-refractivity contribution in [1.29, 1.82) is 0 Å². The summed E-state index contributed by atoms with van der Waals surface area (Å²) in [5, 5.41) is 5.40. The standard InChI is InChI=1S/C33H45NO5SSi/c1-8-33-17-16-32(5)21-25(38-30(35)23-10-9-11-26(19-23)40(34,36)37)20-29(32)28(33)14-12-22-18-24(13-15-27(22)33)39-41(6,7)31(2,3)4/h8-11,13,15,18-19,25,28-29H,1,12,14,16-17,20-21H2,2-7H3,(H2,34,36,37)/t25-,28?,29?,32-,33-/m1/s1. The Labute approximate surface area is 246 Å². The van der Waals surface area contributed by atoms with Crippen LogP contribution >= 0.6 is 0 Å². The van der Waals surface area contributed by atoms with Crippen molar-refractivity contribution in [2.75, 3.05) is 0 Å². The Morgan fingerprint density at radius 3 is 2.51 bits per heavy atom. The minimum Gasteiger partial charge on any atom is -0.543 e. The summed E-state index contributed by atoms with van der Waals surface area (Å²) in [6.45, 7) is 18.1. The first-order valence-electron chi connectivity index (χ1n) is 14.8. The average molecular weight is 596 g/mol. The van der Waals surface area contributed by atoms with Gasteiger partial charge in [-0.15, -0.1) is 6.58 Å². The number of sulfonamides is 1. The fraction of sp³-hybridized carbons (Fsp3) is 0.545. The molecule has 5 atom stereocenters. The van der Waals surface area contributed by atoms with E-state index in [4.69, 9.17) is 14.3 Å². The molecular weight excluding hydrogens is 551 g/mol. The smallest absolute Gasteiger partial charge is 0.338 e. The monoisotopic (exact) mass is 595 g/mol. The number of fused-ring (bicyclic) bond motifs is 5. The molecule has 2 unspecified atom stereocenters. The molecule has 8 heteroatoms. The highest BCUT2D eigenvalue weighted by Gasteiger charge is 2.58. The molecule has 2 saturated carbocycles. The van der Waals surface area contributed by atoms with Gasteiger partial charge in [0.05, 0.1) is 10.5 Å². The molecule has 0 heterocycles. The molecule has 0 spiro atoms. The minimum atomic E-state index is -3.90.